The van der Waals surface area contributed by atoms with Gasteiger partial charge in [0.15, 0.2) is 0 Å². The minimum Gasteiger partial charge on any atom is -0.381 e. The topological polar surface area (TPSA) is 9.23 Å². The second kappa shape index (κ2) is 15.8. The molecule has 0 bridgehead atoms. The Morgan fingerprint density at radius 2 is 0.955 bits per heavy atom. The predicted molar refractivity (Wildman–Crippen MR) is 101 cm³/mol. The van der Waals surface area contributed by atoms with Crippen LogP contribution in [0.5, 0.6) is 0 Å². The summed E-state index contributed by atoms with van der Waals surface area (Å²) in [6.45, 7) is 11.1. The van der Waals surface area contributed by atoms with E-state index in [9.17, 15) is 0 Å². The van der Waals surface area contributed by atoms with E-state index in [4.69, 9.17) is 4.74 Å². The lowest BCUT2D eigenvalue weighted by molar-refractivity contribution is 0.130. The van der Waals surface area contributed by atoms with Gasteiger partial charge in [0.05, 0.1) is 0 Å². The molecule has 0 saturated heterocycles. The summed E-state index contributed by atoms with van der Waals surface area (Å²) in [7, 11) is 0. The van der Waals surface area contributed by atoms with Crippen LogP contribution in [0.25, 0.3) is 0 Å². The molecule has 0 N–H and O–H groups in total. The van der Waals surface area contributed by atoms with Crippen molar-refractivity contribution in [3.05, 3.63) is 0 Å². The highest BCUT2D eigenvalue weighted by Crippen LogP contribution is 2.22. The normalized spacial score (nSPS) is 12.0. The Labute approximate surface area is 141 Å². The molecule has 0 rings (SSSR count). The van der Waals surface area contributed by atoms with Gasteiger partial charge in [0.25, 0.3) is 0 Å². The van der Waals surface area contributed by atoms with Gasteiger partial charge in [-0.15, -0.1) is 0 Å². The van der Waals surface area contributed by atoms with Crippen LogP contribution in [-0.2, 0) is 4.74 Å². The molecular formula is C21H44O. The van der Waals surface area contributed by atoms with Gasteiger partial charge in [-0.3, -0.25) is 0 Å². The molecule has 0 aliphatic carbocycles. The van der Waals surface area contributed by atoms with Crippen LogP contribution >= 0.6 is 0 Å². The molecule has 0 unspecified atom stereocenters. The zero-order chi connectivity index (χ0) is 16.5. The molecule has 1 nitrogen and oxygen atoms in total. The van der Waals surface area contributed by atoms with Crippen molar-refractivity contribution < 1.29 is 4.74 Å². The molecule has 0 saturated carbocycles. The van der Waals surface area contributed by atoms with Crippen molar-refractivity contribution in [1.82, 2.24) is 0 Å². The van der Waals surface area contributed by atoms with Crippen molar-refractivity contribution in [3.63, 3.8) is 0 Å². The third-order valence-electron chi connectivity index (χ3n) is 4.31. The van der Waals surface area contributed by atoms with E-state index < -0.39 is 0 Å². The summed E-state index contributed by atoms with van der Waals surface area (Å²) in [5, 5.41) is 0. The van der Waals surface area contributed by atoms with E-state index in [1.165, 1.54) is 83.5 Å². The molecule has 0 heterocycles. The summed E-state index contributed by atoms with van der Waals surface area (Å²) in [4.78, 5) is 0. The third kappa shape index (κ3) is 20.0. The van der Waals surface area contributed by atoms with E-state index in [-0.39, 0.29) is 0 Å². The molecule has 0 aromatic heterocycles. The second-order valence-electron chi connectivity index (χ2n) is 8.17. The van der Waals surface area contributed by atoms with Gasteiger partial charge in [0, 0.05) is 13.2 Å². The number of hydrogen-bond donors (Lipinski definition) is 0. The van der Waals surface area contributed by atoms with Crippen molar-refractivity contribution in [1.29, 1.82) is 0 Å². The minimum absolute atomic E-state index is 0.530. The highest BCUT2D eigenvalue weighted by atomic mass is 16.5. The van der Waals surface area contributed by atoms with Crippen LogP contribution in [0.4, 0.5) is 0 Å². The maximum atomic E-state index is 5.50. The fourth-order valence-electron chi connectivity index (χ4n) is 2.87. The van der Waals surface area contributed by atoms with Crippen molar-refractivity contribution in [2.75, 3.05) is 13.2 Å². The molecule has 0 aromatic carbocycles. The maximum absolute atomic E-state index is 5.50. The van der Waals surface area contributed by atoms with E-state index in [0.717, 1.165) is 19.6 Å². The Morgan fingerprint density at radius 1 is 0.545 bits per heavy atom. The van der Waals surface area contributed by atoms with Crippen molar-refractivity contribution in [2.24, 2.45) is 5.41 Å². The molecule has 0 amide bonds. The Bertz CT molecular complexity index is 204. The van der Waals surface area contributed by atoms with Gasteiger partial charge in [-0.05, 0) is 24.7 Å². The first kappa shape index (κ1) is 22.0. The Kier molecular flexibility index (Phi) is 15.8. The first-order valence-electron chi connectivity index (χ1n) is 10.1. The number of rotatable bonds is 16. The molecule has 0 spiro atoms. The van der Waals surface area contributed by atoms with Crippen LogP contribution in [0.2, 0.25) is 0 Å². The SMILES string of the molecule is CCCOCCCCCCCCCCCCCCC(C)(C)C. The van der Waals surface area contributed by atoms with Crippen molar-refractivity contribution >= 4 is 0 Å². The second-order valence-corrected chi connectivity index (χ2v) is 8.17. The molecule has 0 radical (unpaired) electrons. The van der Waals surface area contributed by atoms with Gasteiger partial charge >= 0.3 is 0 Å². The monoisotopic (exact) mass is 312 g/mol. The summed E-state index contributed by atoms with van der Waals surface area (Å²) in [5.74, 6) is 0. The highest BCUT2D eigenvalue weighted by Gasteiger charge is 2.08. The van der Waals surface area contributed by atoms with Gasteiger partial charge in [-0.25, -0.2) is 0 Å². The average molecular weight is 313 g/mol. The molecule has 1 heteroatoms. The van der Waals surface area contributed by atoms with Gasteiger partial charge in [-0.1, -0.05) is 98.3 Å². The van der Waals surface area contributed by atoms with Crippen LogP contribution in [0.3, 0.4) is 0 Å². The highest BCUT2D eigenvalue weighted by molar-refractivity contribution is 4.61. The van der Waals surface area contributed by atoms with E-state index >= 15 is 0 Å². The van der Waals surface area contributed by atoms with E-state index in [1.54, 1.807) is 0 Å². The largest absolute Gasteiger partial charge is 0.381 e. The lowest BCUT2D eigenvalue weighted by Crippen LogP contribution is -2.03. The Hall–Kier alpha value is -0.0400. The first-order chi connectivity index (χ1) is 10.6. The minimum atomic E-state index is 0.530. The molecule has 134 valence electrons. The van der Waals surface area contributed by atoms with Crippen LogP contribution in [-0.4, -0.2) is 13.2 Å². The summed E-state index contributed by atoms with van der Waals surface area (Å²) >= 11 is 0. The molecular weight excluding hydrogens is 268 g/mol. The van der Waals surface area contributed by atoms with Gasteiger partial charge in [-0.2, -0.15) is 0 Å². The Balaban J connectivity index is 3.00. The van der Waals surface area contributed by atoms with E-state index in [1.807, 2.05) is 0 Å². The van der Waals surface area contributed by atoms with Gasteiger partial charge < -0.3 is 4.74 Å². The number of unbranched alkanes of at least 4 members (excludes halogenated alkanes) is 11. The molecule has 0 aliphatic heterocycles. The van der Waals surface area contributed by atoms with E-state index in [0.29, 0.717) is 5.41 Å². The van der Waals surface area contributed by atoms with Crippen LogP contribution in [0.15, 0.2) is 0 Å². The lowest BCUT2D eigenvalue weighted by Gasteiger charge is -2.17. The summed E-state index contributed by atoms with van der Waals surface area (Å²) in [6.07, 6.45) is 19.6. The van der Waals surface area contributed by atoms with Crippen molar-refractivity contribution in [2.45, 2.75) is 118 Å². The number of hydrogen-bond acceptors (Lipinski definition) is 1. The molecule has 0 atom stereocenters. The van der Waals surface area contributed by atoms with Crippen LogP contribution in [0, 0.1) is 5.41 Å². The standard InChI is InChI=1S/C21H44O/c1-5-19-22-20-17-15-13-11-9-7-6-8-10-12-14-16-18-21(2,3)4/h5-20H2,1-4H3. The molecule has 0 aromatic rings. The summed E-state index contributed by atoms with van der Waals surface area (Å²) < 4.78 is 5.50. The van der Waals surface area contributed by atoms with Crippen LogP contribution < -0.4 is 0 Å². The van der Waals surface area contributed by atoms with Crippen molar-refractivity contribution in [3.8, 4) is 0 Å². The first-order valence-corrected chi connectivity index (χ1v) is 10.1. The van der Waals surface area contributed by atoms with E-state index in [2.05, 4.69) is 27.7 Å². The maximum Gasteiger partial charge on any atom is 0.0466 e. The van der Waals surface area contributed by atoms with Crippen LogP contribution in [0.1, 0.15) is 118 Å². The van der Waals surface area contributed by atoms with Gasteiger partial charge in [0.1, 0.15) is 0 Å². The fraction of sp³-hybridized carbons (Fsp3) is 1.00. The molecule has 0 fully saturated rings. The lowest BCUT2D eigenvalue weighted by atomic mass is 9.89. The Morgan fingerprint density at radius 3 is 1.36 bits per heavy atom. The quantitative estimate of drug-likeness (QED) is 0.268. The average Bonchev–Trinajstić information content (AvgIpc) is 2.45. The smallest absolute Gasteiger partial charge is 0.0466 e. The zero-order valence-corrected chi connectivity index (χ0v) is 16.2. The van der Waals surface area contributed by atoms with Gasteiger partial charge in [0.2, 0.25) is 0 Å². The molecule has 22 heavy (non-hydrogen) atoms. The third-order valence-corrected chi connectivity index (χ3v) is 4.31. The molecule has 0 aliphatic rings. The fourth-order valence-corrected chi connectivity index (χ4v) is 2.87. The summed E-state index contributed by atoms with van der Waals surface area (Å²) in [5.41, 5.74) is 0.530. The predicted octanol–water partition coefficient (Wildman–Crippen LogP) is 7.53. The number of ether oxygens (including phenoxy) is 1. The zero-order valence-electron chi connectivity index (χ0n) is 16.2. The summed E-state index contributed by atoms with van der Waals surface area (Å²) in [6, 6.07) is 0.